The number of rotatable bonds is 3. The topological polar surface area (TPSA) is 29.3 Å². The Morgan fingerprint density at radius 1 is 1.26 bits per heavy atom. The van der Waals surface area contributed by atoms with E-state index in [-0.39, 0.29) is 0 Å². The van der Waals surface area contributed by atoms with Gasteiger partial charge in [-0.15, -0.1) is 0 Å². The third kappa shape index (κ3) is 2.63. The average molecular weight is 316 g/mol. The van der Waals surface area contributed by atoms with Crippen molar-refractivity contribution in [1.82, 2.24) is 9.38 Å². The lowest BCUT2D eigenvalue weighted by Gasteiger charge is -2.06. The highest BCUT2D eigenvalue weighted by molar-refractivity contribution is 9.10. The third-order valence-electron chi connectivity index (χ3n) is 3.06. The van der Waals surface area contributed by atoms with Crippen LogP contribution in [0.15, 0.2) is 53.3 Å². The lowest BCUT2D eigenvalue weighted by atomic mass is 10.2. The Balaban J connectivity index is 1.76. The van der Waals surface area contributed by atoms with Crippen molar-refractivity contribution in [3.05, 3.63) is 64.5 Å². The zero-order chi connectivity index (χ0) is 13.2. The molecule has 0 saturated carbocycles. The van der Waals surface area contributed by atoms with Gasteiger partial charge in [0, 0.05) is 22.6 Å². The number of aryl methyl sites for hydroxylation is 1. The number of imidazole rings is 1. The number of aromatic nitrogens is 2. The van der Waals surface area contributed by atoms with E-state index in [4.69, 9.17) is 0 Å². The first-order valence-corrected chi connectivity index (χ1v) is 6.94. The van der Waals surface area contributed by atoms with E-state index in [0.29, 0.717) is 0 Å². The van der Waals surface area contributed by atoms with E-state index in [9.17, 15) is 0 Å². The summed E-state index contributed by atoms with van der Waals surface area (Å²) in [7, 11) is 0. The summed E-state index contributed by atoms with van der Waals surface area (Å²) in [4.78, 5) is 4.56. The maximum Gasteiger partial charge on any atom is 0.137 e. The number of nitrogens with zero attached hydrogens (tertiary/aromatic N) is 2. The van der Waals surface area contributed by atoms with Gasteiger partial charge in [0.15, 0.2) is 0 Å². The Bertz CT molecular complexity index is 685. The molecule has 0 aliphatic carbocycles. The van der Waals surface area contributed by atoms with Gasteiger partial charge in [-0.3, -0.25) is 0 Å². The second kappa shape index (κ2) is 5.05. The Kier molecular flexibility index (Phi) is 3.25. The van der Waals surface area contributed by atoms with Crippen LogP contribution in [0.2, 0.25) is 0 Å². The largest absolute Gasteiger partial charge is 0.379 e. The minimum absolute atomic E-state index is 0.719. The Labute approximate surface area is 120 Å². The maximum atomic E-state index is 4.56. The Morgan fingerprint density at radius 3 is 2.95 bits per heavy atom. The molecule has 0 amide bonds. The number of benzene rings is 1. The number of pyridine rings is 1. The highest BCUT2D eigenvalue weighted by Gasteiger charge is 2.01. The van der Waals surface area contributed by atoms with Crippen molar-refractivity contribution in [1.29, 1.82) is 0 Å². The van der Waals surface area contributed by atoms with E-state index in [0.717, 1.165) is 28.0 Å². The third-order valence-corrected chi connectivity index (χ3v) is 3.91. The summed E-state index contributed by atoms with van der Waals surface area (Å²) in [6.45, 7) is 2.80. The Hall–Kier alpha value is -1.81. The van der Waals surface area contributed by atoms with Gasteiger partial charge >= 0.3 is 0 Å². The Morgan fingerprint density at radius 2 is 2.16 bits per heavy atom. The van der Waals surface area contributed by atoms with Crippen LogP contribution in [-0.2, 0) is 6.54 Å². The molecule has 2 aromatic heterocycles. The first kappa shape index (κ1) is 12.2. The molecule has 0 bridgehead atoms. The molecule has 0 unspecified atom stereocenters. The smallest absolute Gasteiger partial charge is 0.137 e. The molecule has 2 heterocycles. The molecule has 3 aromatic rings. The monoisotopic (exact) mass is 315 g/mol. The summed E-state index contributed by atoms with van der Waals surface area (Å²) in [5.41, 5.74) is 4.33. The average Bonchev–Trinajstić information content (AvgIpc) is 2.83. The lowest BCUT2D eigenvalue weighted by Crippen LogP contribution is -1.99. The van der Waals surface area contributed by atoms with Crippen LogP contribution in [-0.4, -0.2) is 9.38 Å². The molecule has 3 rings (SSSR count). The maximum absolute atomic E-state index is 4.56. The molecule has 0 spiro atoms. The molecule has 96 valence electrons. The van der Waals surface area contributed by atoms with Crippen molar-refractivity contribution in [3.63, 3.8) is 0 Å². The van der Waals surface area contributed by atoms with Gasteiger partial charge in [-0.25, -0.2) is 4.98 Å². The first-order valence-electron chi connectivity index (χ1n) is 6.15. The zero-order valence-corrected chi connectivity index (χ0v) is 12.2. The SMILES string of the molecule is Cc1ccc(NCc2cn3ccccc3n2)cc1Br. The fourth-order valence-corrected chi connectivity index (χ4v) is 2.35. The van der Waals surface area contributed by atoms with Gasteiger partial charge < -0.3 is 9.72 Å². The fraction of sp³-hybridized carbons (Fsp3) is 0.133. The highest BCUT2D eigenvalue weighted by Crippen LogP contribution is 2.21. The number of fused-ring (bicyclic) bond motifs is 1. The van der Waals surface area contributed by atoms with Crippen LogP contribution in [0.4, 0.5) is 5.69 Å². The van der Waals surface area contributed by atoms with Crippen molar-refractivity contribution >= 4 is 27.3 Å². The van der Waals surface area contributed by atoms with E-state index in [1.807, 2.05) is 35.0 Å². The summed E-state index contributed by atoms with van der Waals surface area (Å²) < 4.78 is 3.15. The lowest BCUT2D eigenvalue weighted by molar-refractivity contribution is 1.08. The molecule has 19 heavy (non-hydrogen) atoms. The predicted molar refractivity (Wildman–Crippen MR) is 81.4 cm³/mol. The van der Waals surface area contributed by atoms with Crippen molar-refractivity contribution in [2.24, 2.45) is 0 Å². The second-order valence-corrected chi connectivity index (χ2v) is 5.37. The number of anilines is 1. The highest BCUT2D eigenvalue weighted by atomic mass is 79.9. The van der Waals surface area contributed by atoms with Crippen LogP contribution in [0.25, 0.3) is 5.65 Å². The number of nitrogens with one attached hydrogen (secondary N) is 1. The minimum atomic E-state index is 0.719. The molecule has 1 aromatic carbocycles. The normalized spacial score (nSPS) is 10.8. The molecular weight excluding hydrogens is 302 g/mol. The zero-order valence-electron chi connectivity index (χ0n) is 10.6. The molecule has 0 radical (unpaired) electrons. The quantitative estimate of drug-likeness (QED) is 0.791. The van der Waals surface area contributed by atoms with Crippen LogP contribution < -0.4 is 5.32 Å². The second-order valence-electron chi connectivity index (χ2n) is 4.52. The summed E-state index contributed by atoms with van der Waals surface area (Å²) in [5, 5.41) is 3.38. The van der Waals surface area contributed by atoms with E-state index in [2.05, 4.69) is 51.4 Å². The number of hydrogen-bond acceptors (Lipinski definition) is 2. The van der Waals surface area contributed by atoms with Gasteiger partial charge in [0.1, 0.15) is 5.65 Å². The molecule has 0 aliphatic heterocycles. The fourth-order valence-electron chi connectivity index (χ4n) is 1.97. The van der Waals surface area contributed by atoms with Crippen LogP contribution >= 0.6 is 15.9 Å². The molecular formula is C15H14BrN3. The molecule has 4 heteroatoms. The van der Waals surface area contributed by atoms with Crippen LogP contribution in [0.5, 0.6) is 0 Å². The molecule has 0 fully saturated rings. The molecule has 0 saturated heterocycles. The molecule has 0 aliphatic rings. The van der Waals surface area contributed by atoms with Crippen LogP contribution in [0.3, 0.4) is 0 Å². The minimum Gasteiger partial charge on any atom is -0.379 e. The van der Waals surface area contributed by atoms with Gasteiger partial charge in [0.2, 0.25) is 0 Å². The van der Waals surface area contributed by atoms with Crippen LogP contribution in [0, 0.1) is 6.92 Å². The van der Waals surface area contributed by atoms with Crippen molar-refractivity contribution in [2.45, 2.75) is 13.5 Å². The summed E-state index contributed by atoms with van der Waals surface area (Å²) in [6.07, 6.45) is 4.06. The van der Waals surface area contributed by atoms with Gasteiger partial charge in [-0.05, 0) is 36.8 Å². The van der Waals surface area contributed by atoms with Gasteiger partial charge in [-0.1, -0.05) is 28.1 Å². The van der Waals surface area contributed by atoms with E-state index < -0.39 is 0 Å². The number of hydrogen-bond donors (Lipinski definition) is 1. The van der Waals surface area contributed by atoms with Crippen molar-refractivity contribution in [3.8, 4) is 0 Å². The van der Waals surface area contributed by atoms with Crippen molar-refractivity contribution < 1.29 is 0 Å². The van der Waals surface area contributed by atoms with Crippen molar-refractivity contribution in [2.75, 3.05) is 5.32 Å². The van der Waals surface area contributed by atoms with Crippen LogP contribution in [0.1, 0.15) is 11.3 Å². The number of halogens is 1. The van der Waals surface area contributed by atoms with Gasteiger partial charge in [-0.2, -0.15) is 0 Å². The van der Waals surface area contributed by atoms with E-state index in [1.54, 1.807) is 0 Å². The van der Waals surface area contributed by atoms with Gasteiger partial charge in [0.05, 0.1) is 12.2 Å². The molecule has 1 N–H and O–H groups in total. The van der Waals surface area contributed by atoms with Gasteiger partial charge in [0.25, 0.3) is 0 Å². The molecule has 3 nitrogen and oxygen atoms in total. The summed E-state index contributed by atoms with van der Waals surface area (Å²) >= 11 is 3.54. The first-order chi connectivity index (χ1) is 9.22. The summed E-state index contributed by atoms with van der Waals surface area (Å²) in [5.74, 6) is 0. The van der Waals surface area contributed by atoms with E-state index in [1.165, 1.54) is 5.56 Å². The summed E-state index contributed by atoms with van der Waals surface area (Å²) in [6, 6.07) is 12.3. The standard InChI is InChI=1S/C15H14BrN3/c1-11-5-6-12(8-14(11)16)17-9-13-10-19-7-3-2-4-15(19)18-13/h2-8,10,17H,9H2,1H3. The predicted octanol–water partition coefficient (Wildman–Crippen LogP) is 4.02. The van der Waals surface area contributed by atoms with E-state index >= 15 is 0 Å². The molecule has 0 atom stereocenters.